The van der Waals surface area contributed by atoms with E-state index in [1.165, 1.54) is 0 Å². The molecule has 1 fully saturated rings. The van der Waals surface area contributed by atoms with Gasteiger partial charge in [-0.1, -0.05) is 6.58 Å². The zero-order valence-corrected chi connectivity index (χ0v) is 10.1. The predicted octanol–water partition coefficient (Wildman–Crippen LogP) is 2.36. The van der Waals surface area contributed by atoms with Crippen molar-refractivity contribution < 1.29 is 19.0 Å². The molecule has 0 bridgehead atoms. The molecule has 4 nitrogen and oxygen atoms in total. The highest BCUT2D eigenvalue weighted by Gasteiger charge is 2.22. The molecule has 2 rings (SSSR count). The van der Waals surface area contributed by atoms with E-state index in [9.17, 15) is 4.79 Å². The van der Waals surface area contributed by atoms with E-state index < -0.39 is 5.97 Å². The number of esters is 1. The fraction of sp³-hybridized carbons (Fsp3) is 0.214. The van der Waals surface area contributed by atoms with Crippen LogP contribution in [0, 0.1) is 0 Å². The van der Waals surface area contributed by atoms with Crippen LogP contribution < -0.4 is 9.47 Å². The maximum Gasteiger partial charge on any atom is 0.335 e. The summed E-state index contributed by atoms with van der Waals surface area (Å²) in [6.45, 7) is 10.7. The van der Waals surface area contributed by atoms with Crippen LogP contribution in [0.2, 0.25) is 0 Å². The molecule has 0 amide bonds. The monoisotopic (exact) mass is 248 g/mol. The molecule has 96 valence electrons. The van der Waals surface area contributed by atoms with Crippen molar-refractivity contribution in [3.63, 3.8) is 0 Å². The van der Waals surface area contributed by atoms with Crippen LogP contribution in [-0.2, 0) is 9.53 Å². The van der Waals surface area contributed by atoms with Crippen molar-refractivity contribution >= 4 is 5.97 Å². The van der Waals surface area contributed by atoms with E-state index in [0.29, 0.717) is 12.4 Å². The van der Waals surface area contributed by atoms with Gasteiger partial charge in [-0.15, -0.1) is 13.2 Å². The van der Waals surface area contributed by atoms with Crippen LogP contribution in [0.5, 0.6) is 11.5 Å². The zero-order valence-electron chi connectivity index (χ0n) is 10.1. The molecule has 4 heteroatoms. The second-order valence-corrected chi connectivity index (χ2v) is 3.36. The number of hydrogen-bond acceptors (Lipinski definition) is 4. The van der Waals surface area contributed by atoms with Crippen molar-refractivity contribution in [2.75, 3.05) is 13.2 Å². The van der Waals surface area contributed by atoms with Gasteiger partial charge in [-0.05, 0) is 24.3 Å². The van der Waals surface area contributed by atoms with Crippen molar-refractivity contribution in [3.8, 4) is 11.5 Å². The highest BCUT2D eigenvalue weighted by molar-refractivity contribution is 5.83. The van der Waals surface area contributed by atoms with Gasteiger partial charge in [0.25, 0.3) is 0 Å². The number of carbonyl (C=O) groups is 1. The summed E-state index contributed by atoms with van der Waals surface area (Å²) >= 11 is 0. The van der Waals surface area contributed by atoms with Crippen LogP contribution in [0.15, 0.2) is 50.1 Å². The van der Waals surface area contributed by atoms with Crippen LogP contribution >= 0.6 is 0 Å². The lowest BCUT2D eigenvalue weighted by Gasteiger charge is -2.05. The summed E-state index contributed by atoms with van der Waals surface area (Å²) in [5.41, 5.74) is 0. The van der Waals surface area contributed by atoms with Crippen LogP contribution in [0.4, 0.5) is 0 Å². The van der Waals surface area contributed by atoms with Crippen molar-refractivity contribution in [3.05, 3.63) is 50.1 Å². The number of carbonyl (C=O) groups excluding carboxylic acids is 1. The fourth-order valence-electron chi connectivity index (χ4n) is 1.12. The molecule has 0 spiro atoms. The third kappa shape index (κ3) is 4.84. The van der Waals surface area contributed by atoms with Crippen LogP contribution in [0.3, 0.4) is 0 Å². The Labute approximate surface area is 106 Å². The van der Waals surface area contributed by atoms with Crippen molar-refractivity contribution in [1.82, 2.24) is 0 Å². The van der Waals surface area contributed by atoms with Gasteiger partial charge in [0, 0.05) is 6.08 Å². The van der Waals surface area contributed by atoms with Gasteiger partial charge in [0.05, 0.1) is 6.61 Å². The predicted molar refractivity (Wildman–Crippen MR) is 68.8 cm³/mol. The molecule has 0 aromatic heterocycles. The zero-order chi connectivity index (χ0) is 13.4. The maximum atomic E-state index is 10.9. The molecule has 1 atom stereocenters. The van der Waals surface area contributed by atoms with Crippen LogP contribution in [0.25, 0.3) is 0 Å². The van der Waals surface area contributed by atoms with Crippen LogP contribution in [-0.4, -0.2) is 25.3 Å². The summed E-state index contributed by atoms with van der Waals surface area (Å²) in [4.78, 5) is 10.9. The number of rotatable bonds is 5. The van der Waals surface area contributed by atoms with E-state index in [4.69, 9.17) is 14.2 Å². The fourth-order valence-corrected chi connectivity index (χ4v) is 1.12. The van der Waals surface area contributed by atoms with E-state index >= 15 is 0 Å². The lowest BCUT2D eigenvalue weighted by atomic mass is 10.3. The Morgan fingerprint density at radius 1 is 1.33 bits per heavy atom. The smallest absolute Gasteiger partial charge is 0.335 e. The SMILES string of the molecule is C=C.C=CC(=O)Oc1ccc(OCC2CO2)cc1. The minimum absolute atomic E-state index is 0.235. The highest BCUT2D eigenvalue weighted by Crippen LogP contribution is 2.19. The number of hydrogen-bond donors (Lipinski definition) is 0. The highest BCUT2D eigenvalue weighted by atomic mass is 16.6. The quantitative estimate of drug-likeness (QED) is 0.264. The maximum absolute atomic E-state index is 10.9. The van der Waals surface area contributed by atoms with Crippen LogP contribution in [0.1, 0.15) is 0 Å². The van der Waals surface area contributed by atoms with Crippen molar-refractivity contribution in [2.24, 2.45) is 0 Å². The molecule has 0 aliphatic carbocycles. The molecule has 1 saturated heterocycles. The summed E-state index contributed by atoms with van der Waals surface area (Å²) in [6, 6.07) is 6.83. The second-order valence-electron chi connectivity index (χ2n) is 3.36. The molecular weight excluding hydrogens is 232 g/mol. The summed E-state index contributed by atoms with van der Waals surface area (Å²) in [5.74, 6) is 0.730. The van der Waals surface area contributed by atoms with E-state index in [1.54, 1.807) is 24.3 Å². The van der Waals surface area contributed by atoms with Gasteiger partial charge in [-0.25, -0.2) is 4.79 Å². The second kappa shape index (κ2) is 7.29. The minimum Gasteiger partial charge on any atom is -0.491 e. The largest absolute Gasteiger partial charge is 0.491 e. The third-order valence-electron chi connectivity index (χ3n) is 2.05. The molecule has 1 aliphatic heterocycles. The average Bonchev–Trinajstić information content (AvgIpc) is 3.24. The number of benzene rings is 1. The normalized spacial score (nSPS) is 15.9. The van der Waals surface area contributed by atoms with Crippen molar-refractivity contribution in [1.29, 1.82) is 0 Å². The van der Waals surface area contributed by atoms with E-state index in [1.807, 2.05) is 0 Å². The Morgan fingerprint density at radius 3 is 2.39 bits per heavy atom. The van der Waals surface area contributed by atoms with Gasteiger partial charge in [0.1, 0.15) is 24.2 Å². The molecule has 1 aromatic carbocycles. The standard InChI is InChI=1S/C12H12O4.C2H4/c1-2-12(13)16-10-5-3-9(4-6-10)14-7-11-8-15-11;1-2/h2-6,11H,1,7-8H2;1-2H2. The van der Waals surface area contributed by atoms with Gasteiger partial charge in [-0.3, -0.25) is 0 Å². The molecule has 1 aliphatic rings. The Hall–Kier alpha value is -2.07. The Bertz CT molecular complexity index is 393. The molecule has 1 aromatic rings. The summed E-state index contributed by atoms with van der Waals surface area (Å²) in [5, 5.41) is 0. The molecular formula is C14H16O4. The first-order valence-corrected chi connectivity index (χ1v) is 5.46. The summed E-state index contributed by atoms with van der Waals surface area (Å²) in [7, 11) is 0. The number of epoxide rings is 1. The molecule has 0 saturated carbocycles. The first kappa shape index (κ1) is 14.0. The Balaban J connectivity index is 0.000000771. The van der Waals surface area contributed by atoms with Gasteiger partial charge in [0.2, 0.25) is 0 Å². The molecule has 0 radical (unpaired) electrons. The van der Waals surface area contributed by atoms with Gasteiger partial charge < -0.3 is 14.2 Å². The molecule has 1 heterocycles. The van der Waals surface area contributed by atoms with Gasteiger partial charge in [-0.2, -0.15) is 0 Å². The molecule has 1 unspecified atom stereocenters. The average molecular weight is 248 g/mol. The lowest BCUT2D eigenvalue weighted by Crippen LogP contribution is -2.05. The summed E-state index contributed by atoms with van der Waals surface area (Å²) < 4.78 is 15.4. The first-order chi connectivity index (χ1) is 8.78. The third-order valence-corrected chi connectivity index (χ3v) is 2.05. The molecule has 0 N–H and O–H groups in total. The van der Waals surface area contributed by atoms with Crippen molar-refractivity contribution in [2.45, 2.75) is 6.10 Å². The first-order valence-electron chi connectivity index (χ1n) is 5.46. The van der Waals surface area contributed by atoms with E-state index in [-0.39, 0.29) is 6.10 Å². The Kier molecular flexibility index (Phi) is 5.67. The number of ether oxygens (including phenoxy) is 3. The lowest BCUT2D eigenvalue weighted by molar-refractivity contribution is -0.128. The topological polar surface area (TPSA) is 48.1 Å². The van der Waals surface area contributed by atoms with E-state index in [2.05, 4.69) is 19.7 Å². The van der Waals surface area contributed by atoms with E-state index in [0.717, 1.165) is 18.4 Å². The Morgan fingerprint density at radius 2 is 1.89 bits per heavy atom. The van der Waals surface area contributed by atoms with Gasteiger partial charge in [0.15, 0.2) is 0 Å². The minimum atomic E-state index is -0.472. The summed E-state index contributed by atoms with van der Waals surface area (Å²) in [6.07, 6.45) is 1.35. The van der Waals surface area contributed by atoms with Gasteiger partial charge >= 0.3 is 5.97 Å². The molecule has 18 heavy (non-hydrogen) atoms.